The van der Waals surface area contributed by atoms with Gasteiger partial charge in [-0.1, -0.05) is 0 Å². The van der Waals surface area contributed by atoms with Crippen molar-refractivity contribution in [1.82, 2.24) is 0 Å². The van der Waals surface area contributed by atoms with Gasteiger partial charge < -0.3 is 5.11 Å². The van der Waals surface area contributed by atoms with Gasteiger partial charge in [-0.25, -0.2) is 0 Å². The van der Waals surface area contributed by atoms with E-state index < -0.39 is 0 Å². The summed E-state index contributed by atoms with van der Waals surface area (Å²) in [7, 11) is 0. The van der Waals surface area contributed by atoms with Gasteiger partial charge in [-0.05, 0) is 44.2 Å². The molecule has 0 bridgehead atoms. The van der Waals surface area contributed by atoms with Crippen LogP contribution in [-0.2, 0) is 19.3 Å². The molecule has 2 heteroatoms. The molecule has 0 saturated carbocycles. The number of aliphatic hydroxyl groups excluding tert-OH is 1. The molecule has 0 fully saturated rings. The lowest BCUT2D eigenvalue weighted by Gasteiger charge is -2.08. The van der Waals surface area contributed by atoms with Crippen LogP contribution in [0.4, 0.5) is 0 Å². The summed E-state index contributed by atoms with van der Waals surface area (Å²) in [5, 5.41) is 9.27. The van der Waals surface area contributed by atoms with E-state index in [4.69, 9.17) is 0 Å². The molecule has 2 rings (SSSR count). The third-order valence-corrected chi connectivity index (χ3v) is 3.80. The van der Waals surface area contributed by atoms with Gasteiger partial charge in [-0.2, -0.15) is 0 Å². The van der Waals surface area contributed by atoms with Crippen LogP contribution in [0.2, 0.25) is 0 Å². The van der Waals surface area contributed by atoms with Crippen LogP contribution in [-0.4, -0.2) is 11.2 Å². The topological polar surface area (TPSA) is 20.2 Å². The lowest BCUT2D eigenvalue weighted by molar-refractivity contribution is 0.196. The molecule has 0 aromatic carbocycles. The van der Waals surface area contributed by atoms with Crippen molar-refractivity contribution < 1.29 is 5.11 Å². The van der Waals surface area contributed by atoms with Crippen LogP contribution in [0.3, 0.4) is 0 Å². The second-order valence-electron chi connectivity index (χ2n) is 3.92. The van der Waals surface area contributed by atoms with Crippen LogP contribution >= 0.6 is 11.3 Å². The largest absolute Gasteiger partial charge is 0.393 e. The van der Waals surface area contributed by atoms with Gasteiger partial charge >= 0.3 is 0 Å². The minimum Gasteiger partial charge on any atom is -0.393 e. The predicted molar refractivity (Wildman–Crippen MR) is 56.3 cm³/mol. The number of aliphatic hydroxyl groups is 1. The molecule has 13 heavy (non-hydrogen) atoms. The molecule has 1 heterocycles. The smallest absolute Gasteiger partial charge is 0.0560 e. The maximum absolute atomic E-state index is 9.27. The van der Waals surface area contributed by atoms with Gasteiger partial charge in [0.2, 0.25) is 0 Å². The Morgan fingerprint density at radius 3 is 2.92 bits per heavy atom. The number of thiophene rings is 1. The van der Waals surface area contributed by atoms with Crippen molar-refractivity contribution in [2.75, 3.05) is 0 Å². The minimum atomic E-state index is -0.194. The average molecular weight is 196 g/mol. The molecular formula is C11H16OS. The number of rotatable bonds is 2. The molecule has 0 unspecified atom stereocenters. The Labute approximate surface area is 83.4 Å². The first-order chi connectivity index (χ1) is 6.25. The fraction of sp³-hybridized carbons (Fsp3) is 0.636. The second-order valence-corrected chi connectivity index (χ2v) is 5.14. The first kappa shape index (κ1) is 9.22. The van der Waals surface area contributed by atoms with Gasteiger partial charge in [0.1, 0.15) is 0 Å². The standard InChI is InChI=1S/C11H16OS/c1-8(12)6-10-7-9-4-2-3-5-11(9)13-10/h7-8,12H,2-6H2,1H3/t8-/m0/s1. The Hall–Kier alpha value is -0.340. The number of fused-ring (bicyclic) bond motifs is 1. The van der Waals surface area contributed by atoms with Crippen LogP contribution in [0.5, 0.6) is 0 Å². The molecule has 1 aliphatic rings. The summed E-state index contributed by atoms with van der Waals surface area (Å²) in [5.41, 5.74) is 1.55. The maximum Gasteiger partial charge on any atom is 0.0560 e. The van der Waals surface area contributed by atoms with Crippen molar-refractivity contribution in [2.45, 2.75) is 45.1 Å². The van der Waals surface area contributed by atoms with E-state index in [0.717, 1.165) is 6.42 Å². The van der Waals surface area contributed by atoms with E-state index in [1.807, 2.05) is 18.3 Å². The van der Waals surface area contributed by atoms with Gasteiger partial charge in [0.05, 0.1) is 6.10 Å². The van der Waals surface area contributed by atoms with E-state index in [1.54, 1.807) is 10.4 Å². The Morgan fingerprint density at radius 2 is 2.23 bits per heavy atom. The van der Waals surface area contributed by atoms with Crippen LogP contribution in [0, 0.1) is 0 Å². The Bertz CT molecular complexity index is 265. The van der Waals surface area contributed by atoms with Gasteiger partial charge in [-0.3, -0.25) is 0 Å². The molecule has 72 valence electrons. The van der Waals surface area contributed by atoms with Gasteiger partial charge in [-0.15, -0.1) is 11.3 Å². The third-order valence-electron chi connectivity index (χ3n) is 2.54. The van der Waals surface area contributed by atoms with Gasteiger partial charge in [0.25, 0.3) is 0 Å². The van der Waals surface area contributed by atoms with Crippen LogP contribution in [0.25, 0.3) is 0 Å². The molecule has 0 spiro atoms. The van der Waals surface area contributed by atoms with E-state index in [1.165, 1.54) is 30.6 Å². The minimum absolute atomic E-state index is 0.194. The van der Waals surface area contributed by atoms with E-state index in [-0.39, 0.29) is 6.10 Å². The summed E-state index contributed by atoms with van der Waals surface area (Å²) in [6, 6.07) is 2.30. The SMILES string of the molecule is C[C@H](O)Cc1cc2c(s1)CCCC2. The van der Waals surface area contributed by atoms with E-state index >= 15 is 0 Å². The van der Waals surface area contributed by atoms with Crippen molar-refractivity contribution in [3.8, 4) is 0 Å². The Kier molecular flexibility index (Phi) is 2.70. The highest BCUT2D eigenvalue weighted by atomic mass is 32.1. The predicted octanol–water partition coefficient (Wildman–Crippen LogP) is 2.55. The van der Waals surface area contributed by atoms with Gasteiger partial charge in [0.15, 0.2) is 0 Å². The molecule has 0 radical (unpaired) electrons. The Morgan fingerprint density at radius 1 is 1.46 bits per heavy atom. The van der Waals surface area contributed by atoms with Crippen LogP contribution in [0.15, 0.2) is 6.07 Å². The Balaban J connectivity index is 2.15. The highest BCUT2D eigenvalue weighted by Crippen LogP contribution is 2.30. The van der Waals surface area contributed by atoms with Crippen molar-refractivity contribution >= 4 is 11.3 Å². The first-order valence-corrected chi connectivity index (χ1v) is 5.86. The number of aryl methyl sites for hydroxylation is 2. The summed E-state index contributed by atoms with van der Waals surface area (Å²) in [6.45, 7) is 1.86. The molecule has 1 N–H and O–H groups in total. The lowest BCUT2D eigenvalue weighted by atomic mass is 9.99. The highest BCUT2D eigenvalue weighted by Gasteiger charge is 2.13. The van der Waals surface area contributed by atoms with Crippen LogP contribution < -0.4 is 0 Å². The van der Waals surface area contributed by atoms with Crippen LogP contribution in [0.1, 0.15) is 35.1 Å². The van der Waals surface area contributed by atoms with Crippen molar-refractivity contribution in [1.29, 1.82) is 0 Å². The monoisotopic (exact) mass is 196 g/mol. The van der Waals surface area contributed by atoms with E-state index in [9.17, 15) is 5.11 Å². The summed E-state index contributed by atoms with van der Waals surface area (Å²) < 4.78 is 0. The molecule has 0 amide bonds. The molecule has 1 aliphatic carbocycles. The summed E-state index contributed by atoms with van der Waals surface area (Å²) >= 11 is 1.90. The third kappa shape index (κ3) is 2.12. The van der Waals surface area contributed by atoms with Crippen molar-refractivity contribution in [2.24, 2.45) is 0 Å². The highest BCUT2D eigenvalue weighted by molar-refractivity contribution is 7.12. The fourth-order valence-electron chi connectivity index (χ4n) is 1.94. The number of hydrogen-bond acceptors (Lipinski definition) is 2. The van der Waals surface area contributed by atoms with Crippen molar-refractivity contribution in [3.05, 3.63) is 21.4 Å². The molecular weight excluding hydrogens is 180 g/mol. The maximum atomic E-state index is 9.27. The normalized spacial score (nSPS) is 18.3. The lowest BCUT2D eigenvalue weighted by Crippen LogP contribution is -2.02. The summed E-state index contributed by atoms with van der Waals surface area (Å²) in [4.78, 5) is 2.93. The van der Waals surface area contributed by atoms with Crippen molar-refractivity contribution in [3.63, 3.8) is 0 Å². The second kappa shape index (κ2) is 3.81. The molecule has 1 atom stereocenters. The molecule has 1 aromatic heterocycles. The molecule has 0 aliphatic heterocycles. The van der Waals surface area contributed by atoms with Gasteiger partial charge in [0, 0.05) is 16.2 Å². The average Bonchev–Trinajstić information content (AvgIpc) is 2.44. The fourth-order valence-corrected chi connectivity index (χ4v) is 3.32. The zero-order chi connectivity index (χ0) is 9.26. The molecule has 1 aromatic rings. The zero-order valence-corrected chi connectivity index (χ0v) is 8.86. The summed E-state index contributed by atoms with van der Waals surface area (Å²) in [6.07, 6.45) is 5.85. The molecule has 0 saturated heterocycles. The molecule has 1 nitrogen and oxygen atoms in total. The quantitative estimate of drug-likeness (QED) is 0.770. The van der Waals surface area contributed by atoms with E-state index in [0.29, 0.717) is 0 Å². The number of hydrogen-bond donors (Lipinski definition) is 1. The van der Waals surface area contributed by atoms with E-state index in [2.05, 4.69) is 6.07 Å². The first-order valence-electron chi connectivity index (χ1n) is 5.04. The summed E-state index contributed by atoms with van der Waals surface area (Å²) in [5.74, 6) is 0. The zero-order valence-electron chi connectivity index (χ0n) is 8.05.